The summed E-state index contributed by atoms with van der Waals surface area (Å²) in [5, 5.41) is 20.2. The van der Waals surface area contributed by atoms with Crippen LogP contribution < -0.4 is 0 Å². The van der Waals surface area contributed by atoms with Crippen LogP contribution in [0.2, 0.25) is 5.02 Å². The van der Waals surface area contributed by atoms with Gasteiger partial charge in [-0.2, -0.15) is 0 Å². The summed E-state index contributed by atoms with van der Waals surface area (Å²) < 4.78 is 0.821. The molecule has 0 aromatic heterocycles. The monoisotopic (exact) mass is 477 g/mol. The molecule has 2 aromatic carbocycles. The molecule has 2 aromatic rings. The van der Waals surface area contributed by atoms with Crippen molar-refractivity contribution in [3.8, 4) is 0 Å². The summed E-state index contributed by atoms with van der Waals surface area (Å²) in [4.78, 5) is 37.6. The zero-order chi connectivity index (χ0) is 21.1. The van der Waals surface area contributed by atoms with Gasteiger partial charge in [0.1, 0.15) is 5.76 Å². The summed E-state index contributed by atoms with van der Waals surface area (Å²) in [5.41, 5.74) is 0.966. The highest BCUT2D eigenvalue weighted by atomic mass is 79.9. The molecule has 0 bridgehead atoms. The Morgan fingerprint density at radius 1 is 1.03 bits per heavy atom. The first-order chi connectivity index (χ1) is 13.8. The average molecular weight is 479 g/mol. The van der Waals surface area contributed by atoms with E-state index >= 15 is 0 Å². The molecule has 1 heterocycles. The van der Waals surface area contributed by atoms with Crippen LogP contribution in [-0.4, -0.2) is 39.3 Å². The third-order valence-corrected chi connectivity index (χ3v) is 5.41. The second-order valence-corrected chi connectivity index (χ2v) is 7.90. The minimum atomic E-state index is -0.983. The van der Waals surface area contributed by atoms with Gasteiger partial charge in [-0.15, -0.1) is 0 Å². The third-order valence-electron chi connectivity index (χ3n) is 4.63. The fourth-order valence-electron chi connectivity index (χ4n) is 3.27. The normalized spacial score (nSPS) is 18.3. The lowest BCUT2D eigenvalue weighted by Crippen LogP contribution is -2.31. The van der Waals surface area contributed by atoms with Crippen LogP contribution in [0.1, 0.15) is 30.0 Å². The Bertz CT molecular complexity index is 985. The molecule has 1 aliphatic rings. The molecule has 3 rings (SSSR count). The minimum Gasteiger partial charge on any atom is -0.507 e. The quantitative estimate of drug-likeness (QED) is 0.365. The molecule has 0 saturated carbocycles. The number of benzene rings is 2. The lowest BCUT2D eigenvalue weighted by molar-refractivity contribution is -0.140. The minimum absolute atomic E-state index is 0.0324. The number of hydrogen-bond acceptors (Lipinski definition) is 4. The van der Waals surface area contributed by atoms with Gasteiger partial charge < -0.3 is 15.1 Å². The van der Waals surface area contributed by atoms with E-state index in [4.69, 9.17) is 16.7 Å². The van der Waals surface area contributed by atoms with Crippen molar-refractivity contribution in [2.24, 2.45) is 0 Å². The number of aliphatic carboxylic acids is 1. The van der Waals surface area contributed by atoms with Crippen molar-refractivity contribution in [1.82, 2.24) is 4.90 Å². The maximum absolute atomic E-state index is 12.8. The zero-order valence-electron chi connectivity index (χ0n) is 15.1. The van der Waals surface area contributed by atoms with Crippen molar-refractivity contribution in [3.05, 3.63) is 74.7 Å². The molecule has 1 amide bonds. The number of carbonyl (C=O) groups excluding carboxylic acids is 2. The average Bonchev–Trinajstić information content (AvgIpc) is 2.93. The van der Waals surface area contributed by atoms with Gasteiger partial charge in [0.15, 0.2) is 0 Å². The molecule has 1 atom stereocenters. The van der Waals surface area contributed by atoms with Gasteiger partial charge in [-0.25, -0.2) is 0 Å². The number of Topliss-reactive ketones (excluding diaryl/α,β-unsaturated/α-hetero) is 1. The molecule has 1 aliphatic heterocycles. The summed E-state index contributed by atoms with van der Waals surface area (Å²) >= 11 is 9.25. The summed E-state index contributed by atoms with van der Waals surface area (Å²) in [6.45, 7) is 0.0784. The smallest absolute Gasteiger partial charge is 0.303 e. The van der Waals surface area contributed by atoms with Gasteiger partial charge in [0.25, 0.3) is 11.7 Å². The molecule has 29 heavy (non-hydrogen) atoms. The number of carboxylic acid groups (broad SMARTS) is 1. The molecule has 1 saturated heterocycles. The first kappa shape index (κ1) is 21.1. The van der Waals surface area contributed by atoms with E-state index in [1.165, 1.54) is 4.90 Å². The maximum atomic E-state index is 12.8. The number of amides is 1. The SMILES string of the molecule is O=C(O)CCCN1C(=O)C(=O)/C(=C(/O)c2ccc(Cl)cc2)C1c1ccc(Br)cc1. The lowest BCUT2D eigenvalue weighted by Gasteiger charge is -2.25. The predicted molar refractivity (Wildman–Crippen MR) is 111 cm³/mol. The highest BCUT2D eigenvalue weighted by Crippen LogP contribution is 2.39. The molecule has 8 heteroatoms. The van der Waals surface area contributed by atoms with E-state index in [2.05, 4.69) is 15.9 Å². The standard InChI is InChI=1S/C21H17BrClNO5/c22-14-7-3-12(4-8-14)18-17(19(27)13-5-9-15(23)10-6-13)20(28)21(29)24(18)11-1-2-16(25)26/h3-10,18,27H,1-2,11H2,(H,25,26)/b19-17+. The van der Waals surface area contributed by atoms with Gasteiger partial charge in [0, 0.05) is 28.0 Å². The second kappa shape index (κ2) is 8.80. The first-order valence-electron chi connectivity index (χ1n) is 8.81. The lowest BCUT2D eigenvalue weighted by atomic mass is 9.95. The Hall–Kier alpha value is -2.64. The van der Waals surface area contributed by atoms with Crippen LogP contribution in [0.5, 0.6) is 0 Å². The Morgan fingerprint density at radius 3 is 2.24 bits per heavy atom. The number of ketones is 1. The number of nitrogens with zero attached hydrogens (tertiary/aromatic N) is 1. The van der Waals surface area contributed by atoms with Crippen molar-refractivity contribution >= 4 is 50.9 Å². The molecule has 0 radical (unpaired) electrons. The van der Waals surface area contributed by atoms with Gasteiger partial charge in [-0.1, -0.05) is 39.7 Å². The number of aliphatic hydroxyl groups excluding tert-OH is 1. The van der Waals surface area contributed by atoms with Crippen molar-refractivity contribution in [2.45, 2.75) is 18.9 Å². The number of halogens is 2. The molecule has 150 valence electrons. The Morgan fingerprint density at radius 2 is 1.66 bits per heavy atom. The van der Waals surface area contributed by atoms with E-state index < -0.39 is 23.7 Å². The molecule has 0 aliphatic carbocycles. The van der Waals surface area contributed by atoms with Gasteiger partial charge in [-0.05, 0) is 48.4 Å². The summed E-state index contributed by atoms with van der Waals surface area (Å²) in [6.07, 6.45) is 0.0591. The van der Waals surface area contributed by atoms with Gasteiger partial charge in [0.05, 0.1) is 11.6 Å². The van der Waals surface area contributed by atoms with Crippen molar-refractivity contribution in [2.75, 3.05) is 6.54 Å². The number of carbonyl (C=O) groups is 3. The van der Waals surface area contributed by atoms with Crippen LogP contribution in [0.25, 0.3) is 5.76 Å². The number of aliphatic hydroxyl groups is 1. The number of likely N-dealkylation sites (tertiary alicyclic amines) is 1. The van der Waals surface area contributed by atoms with Crippen molar-refractivity contribution < 1.29 is 24.6 Å². The van der Waals surface area contributed by atoms with E-state index in [0.717, 1.165) is 4.47 Å². The highest BCUT2D eigenvalue weighted by Gasteiger charge is 2.45. The summed E-state index contributed by atoms with van der Waals surface area (Å²) in [7, 11) is 0. The van der Waals surface area contributed by atoms with E-state index in [1.54, 1.807) is 48.5 Å². The van der Waals surface area contributed by atoms with Crippen LogP contribution in [0.3, 0.4) is 0 Å². The van der Waals surface area contributed by atoms with Crippen molar-refractivity contribution in [3.63, 3.8) is 0 Å². The zero-order valence-corrected chi connectivity index (χ0v) is 17.5. The largest absolute Gasteiger partial charge is 0.507 e. The predicted octanol–water partition coefficient (Wildman–Crippen LogP) is 4.39. The number of rotatable bonds is 6. The first-order valence-corrected chi connectivity index (χ1v) is 9.98. The van der Waals surface area contributed by atoms with Crippen molar-refractivity contribution in [1.29, 1.82) is 0 Å². The van der Waals surface area contributed by atoms with E-state index in [0.29, 0.717) is 16.1 Å². The van der Waals surface area contributed by atoms with Gasteiger partial charge in [0.2, 0.25) is 0 Å². The van der Waals surface area contributed by atoms with Crippen LogP contribution in [0, 0.1) is 0 Å². The van der Waals surface area contributed by atoms with Gasteiger partial charge in [-0.3, -0.25) is 14.4 Å². The molecular weight excluding hydrogens is 462 g/mol. The second-order valence-electron chi connectivity index (χ2n) is 6.55. The van der Waals surface area contributed by atoms with Crippen LogP contribution in [0.4, 0.5) is 0 Å². The van der Waals surface area contributed by atoms with E-state index in [9.17, 15) is 19.5 Å². The third kappa shape index (κ3) is 4.52. The molecular formula is C21H17BrClNO5. The molecule has 2 N–H and O–H groups in total. The van der Waals surface area contributed by atoms with Crippen LogP contribution in [-0.2, 0) is 14.4 Å². The van der Waals surface area contributed by atoms with Crippen LogP contribution in [0.15, 0.2) is 58.6 Å². The Labute approximate surface area is 180 Å². The Kier molecular flexibility index (Phi) is 6.39. The number of carboxylic acids is 1. The van der Waals surface area contributed by atoms with E-state index in [-0.39, 0.29) is 30.7 Å². The molecule has 1 fully saturated rings. The molecule has 6 nitrogen and oxygen atoms in total. The Balaban J connectivity index is 2.08. The summed E-state index contributed by atoms with van der Waals surface area (Å²) in [5.74, 6) is -2.85. The van der Waals surface area contributed by atoms with Gasteiger partial charge >= 0.3 is 5.97 Å². The van der Waals surface area contributed by atoms with E-state index in [1.807, 2.05) is 0 Å². The maximum Gasteiger partial charge on any atom is 0.303 e. The molecule has 0 spiro atoms. The fourth-order valence-corrected chi connectivity index (χ4v) is 3.66. The molecule has 1 unspecified atom stereocenters. The summed E-state index contributed by atoms with van der Waals surface area (Å²) in [6, 6.07) is 12.5. The topological polar surface area (TPSA) is 94.9 Å². The fraction of sp³-hybridized carbons (Fsp3) is 0.190. The van der Waals surface area contributed by atoms with Crippen LogP contribution >= 0.6 is 27.5 Å². The highest BCUT2D eigenvalue weighted by molar-refractivity contribution is 9.10. The number of hydrogen-bond donors (Lipinski definition) is 2.